The molecule has 1 heterocycles. The molecule has 4 nitrogen and oxygen atoms in total. The van der Waals surface area contributed by atoms with E-state index < -0.39 is 5.97 Å². The van der Waals surface area contributed by atoms with Crippen molar-refractivity contribution >= 4 is 17.6 Å². The van der Waals surface area contributed by atoms with Crippen LogP contribution in [-0.4, -0.2) is 23.5 Å². The quantitative estimate of drug-likeness (QED) is 0.902. The molecule has 0 saturated carbocycles. The zero-order valence-corrected chi connectivity index (χ0v) is 12.3. The summed E-state index contributed by atoms with van der Waals surface area (Å²) in [7, 11) is 0. The zero-order valence-electron chi connectivity index (χ0n) is 12.3. The van der Waals surface area contributed by atoms with Crippen molar-refractivity contribution < 1.29 is 14.7 Å². The molecule has 1 N–H and O–H groups in total. The van der Waals surface area contributed by atoms with Gasteiger partial charge in [0.1, 0.15) is 0 Å². The van der Waals surface area contributed by atoms with Crippen LogP contribution in [0.3, 0.4) is 0 Å². The Morgan fingerprint density at radius 1 is 1.30 bits per heavy atom. The average molecular weight is 275 g/mol. The number of benzene rings is 1. The van der Waals surface area contributed by atoms with Crippen molar-refractivity contribution in [3.63, 3.8) is 0 Å². The summed E-state index contributed by atoms with van der Waals surface area (Å²) in [5, 5.41) is 9.02. The first kappa shape index (κ1) is 14.6. The Kier molecular flexibility index (Phi) is 4.12. The molecule has 0 aliphatic carbocycles. The lowest BCUT2D eigenvalue weighted by atomic mass is 9.90. The highest BCUT2D eigenvalue weighted by atomic mass is 16.4. The van der Waals surface area contributed by atoms with E-state index in [4.69, 9.17) is 5.11 Å². The van der Waals surface area contributed by atoms with Gasteiger partial charge in [-0.2, -0.15) is 0 Å². The van der Waals surface area contributed by atoms with Crippen LogP contribution in [0.25, 0.3) is 0 Å². The maximum Gasteiger partial charge on any atom is 0.303 e. The molecule has 1 aliphatic heterocycles. The largest absolute Gasteiger partial charge is 0.481 e. The maximum absolute atomic E-state index is 11.9. The number of carbonyl (C=O) groups excluding carboxylic acids is 1. The number of hydrogen-bond donors (Lipinski definition) is 1. The van der Waals surface area contributed by atoms with Gasteiger partial charge in [-0.15, -0.1) is 0 Å². The molecular formula is C16H21NO3. The van der Waals surface area contributed by atoms with Crippen molar-refractivity contribution in [3.8, 4) is 0 Å². The van der Waals surface area contributed by atoms with E-state index in [2.05, 4.69) is 6.07 Å². The number of aryl methyl sites for hydroxylation is 2. The fraction of sp³-hybridized carbons (Fsp3) is 0.500. The molecule has 0 aromatic heterocycles. The second-order valence-corrected chi connectivity index (χ2v) is 5.65. The highest BCUT2D eigenvalue weighted by Crippen LogP contribution is 2.35. The Hall–Kier alpha value is -1.84. The average Bonchev–Trinajstić information content (AvgIpc) is 2.53. The number of hydrogen-bond acceptors (Lipinski definition) is 2. The molecule has 1 aromatic carbocycles. The number of fused-ring (bicyclic) bond motifs is 1. The number of rotatable bonds is 2. The molecule has 1 aromatic rings. The Bertz CT molecular complexity index is 551. The highest BCUT2D eigenvalue weighted by molar-refractivity contribution is 5.93. The first-order valence-electron chi connectivity index (χ1n) is 6.99. The van der Waals surface area contributed by atoms with Crippen LogP contribution < -0.4 is 4.90 Å². The van der Waals surface area contributed by atoms with E-state index in [9.17, 15) is 9.59 Å². The molecule has 0 fully saturated rings. The fourth-order valence-electron chi connectivity index (χ4n) is 3.04. The number of anilines is 1. The molecule has 20 heavy (non-hydrogen) atoms. The topological polar surface area (TPSA) is 57.6 Å². The van der Waals surface area contributed by atoms with E-state index >= 15 is 0 Å². The molecule has 2 rings (SSSR count). The first-order valence-corrected chi connectivity index (χ1v) is 6.99. The monoisotopic (exact) mass is 275 g/mol. The number of carboxylic acids is 1. The zero-order chi connectivity index (χ0) is 14.9. The van der Waals surface area contributed by atoms with Crippen LogP contribution in [0.5, 0.6) is 0 Å². The standard InChI is InChI=1S/C16H21NO3/c1-10-4-5-11(2)16-14(10)8-13(9-15(19)20)6-7-17(16)12(3)18/h4-5,13H,6-9H2,1-3H3,(H,19,20). The van der Waals surface area contributed by atoms with Crippen molar-refractivity contribution in [2.45, 2.75) is 40.0 Å². The summed E-state index contributed by atoms with van der Waals surface area (Å²) in [6.07, 6.45) is 1.64. The van der Waals surface area contributed by atoms with Gasteiger partial charge in [0.2, 0.25) is 5.91 Å². The Morgan fingerprint density at radius 3 is 2.55 bits per heavy atom. The Morgan fingerprint density at radius 2 is 1.95 bits per heavy atom. The summed E-state index contributed by atoms with van der Waals surface area (Å²) >= 11 is 0. The van der Waals surface area contributed by atoms with Gasteiger partial charge in [0, 0.05) is 25.6 Å². The SMILES string of the molecule is CC(=O)N1CCC(CC(=O)O)Cc2c(C)ccc(C)c21. The van der Waals surface area contributed by atoms with Crippen LogP contribution in [0.15, 0.2) is 12.1 Å². The Labute approximate surface area is 119 Å². The van der Waals surface area contributed by atoms with E-state index in [1.165, 1.54) is 0 Å². The van der Waals surface area contributed by atoms with E-state index in [1.54, 1.807) is 11.8 Å². The lowest BCUT2D eigenvalue weighted by Crippen LogP contribution is -2.30. The number of amides is 1. The number of aliphatic carboxylic acids is 1. The van der Waals surface area contributed by atoms with Crippen LogP contribution >= 0.6 is 0 Å². The predicted octanol–water partition coefficient (Wildman–Crippen LogP) is 2.69. The summed E-state index contributed by atoms with van der Waals surface area (Å²) in [5.41, 5.74) is 4.33. The summed E-state index contributed by atoms with van der Waals surface area (Å²) < 4.78 is 0. The molecule has 108 valence electrons. The minimum absolute atomic E-state index is 0.0240. The van der Waals surface area contributed by atoms with Gasteiger partial charge in [-0.3, -0.25) is 9.59 Å². The molecule has 0 bridgehead atoms. The lowest BCUT2D eigenvalue weighted by molar-refractivity contribution is -0.138. The third-order valence-electron chi connectivity index (χ3n) is 4.09. The van der Waals surface area contributed by atoms with Crippen LogP contribution in [0.1, 0.15) is 36.5 Å². The fourth-order valence-corrected chi connectivity index (χ4v) is 3.04. The minimum Gasteiger partial charge on any atom is -0.481 e. The summed E-state index contributed by atoms with van der Waals surface area (Å²) in [6, 6.07) is 4.08. The van der Waals surface area contributed by atoms with Gasteiger partial charge in [-0.1, -0.05) is 12.1 Å². The lowest BCUT2D eigenvalue weighted by Gasteiger charge is -2.24. The second-order valence-electron chi connectivity index (χ2n) is 5.65. The summed E-state index contributed by atoms with van der Waals surface area (Å²) in [6.45, 7) is 6.21. The number of carbonyl (C=O) groups is 2. The molecular weight excluding hydrogens is 254 g/mol. The van der Waals surface area contributed by atoms with Crippen molar-refractivity contribution in [2.24, 2.45) is 5.92 Å². The van der Waals surface area contributed by atoms with Crippen molar-refractivity contribution in [1.29, 1.82) is 0 Å². The van der Waals surface area contributed by atoms with E-state index in [1.807, 2.05) is 19.9 Å². The second kappa shape index (κ2) is 5.65. The van der Waals surface area contributed by atoms with E-state index in [-0.39, 0.29) is 18.2 Å². The molecule has 0 spiro atoms. The van der Waals surface area contributed by atoms with E-state index in [0.29, 0.717) is 6.54 Å². The third-order valence-corrected chi connectivity index (χ3v) is 4.09. The maximum atomic E-state index is 11.9. The highest BCUT2D eigenvalue weighted by Gasteiger charge is 2.27. The van der Waals surface area contributed by atoms with Gasteiger partial charge in [0.15, 0.2) is 0 Å². The predicted molar refractivity (Wildman–Crippen MR) is 78.0 cm³/mol. The van der Waals surface area contributed by atoms with E-state index in [0.717, 1.165) is 35.2 Å². The normalized spacial score (nSPS) is 18.4. The molecule has 1 amide bonds. The van der Waals surface area contributed by atoms with Crippen molar-refractivity contribution in [2.75, 3.05) is 11.4 Å². The van der Waals surface area contributed by atoms with Gasteiger partial charge in [0.25, 0.3) is 0 Å². The molecule has 1 atom stereocenters. The van der Waals surface area contributed by atoms with Crippen LogP contribution in [0.4, 0.5) is 5.69 Å². The summed E-state index contributed by atoms with van der Waals surface area (Å²) in [4.78, 5) is 24.7. The Balaban J connectivity index is 2.47. The molecule has 0 radical (unpaired) electrons. The third kappa shape index (κ3) is 2.84. The van der Waals surface area contributed by atoms with Gasteiger partial charge in [0.05, 0.1) is 0 Å². The van der Waals surface area contributed by atoms with Crippen molar-refractivity contribution in [1.82, 2.24) is 0 Å². The van der Waals surface area contributed by atoms with Gasteiger partial charge in [-0.05, 0) is 49.3 Å². The minimum atomic E-state index is -0.766. The number of nitrogens with zero attached hydrogens (tertiary/aromatic N) is 1. The van der Waals surface area contributed by atoms with Gasteiger partial charge < -0.3 is 10.0 Å². The molecule has 1 aliphatic rings. The number of carboxylic acid groups (broad SMARTS) is 1. The van der Waals surface area contributed by atoms with Gasteiger partial charge in [-0.25, -0.2) is 0 Å². The van der Waals surface area contributed by atoms with Crippen LogP contribution in [-0.2, 0) is 16.0 Å². The van der Waals surface area contributed by atoms with Crippen LogP contribution in [0, 0.1) is 19.8 Å². The summed E-state index contributed by atoms with van der Waals surface area (Å²) in [5.74, 6) is -0.648. The van der Waals surface area contributed by atoms with Gasteiger partial charge >= 0.3 is 5.97 Å². The smallest absolute Gasteiger partial charge is 0.303 e. The van der Waals surface area contributed by atoms with Crippen molar-refractivity contribution in [3.05, 3.63) is 28.8 Å². The first-order chi connectivity index (χ1) is 9.40. The molecule has 1 unspecified atom stereocenters. The van der Waals surface area contributed by atoms with Crippen LogP contribution in [0.2, 0.25) is 0 Å². The molecule has 4 heteroatoms. The molecule has 0 saturated heterocycles.